The van der Waals surface area contributed by atoms with Crippen molar-refractivity contribution in [3.8, 4) is 0 Å². The standard InChI is InChI=1S/C8H19NOS/c1-4-6-11(10)7(3)8(9)5-2/h7-8H,4-6,9H2,1-3H3. The molecular formula is C8H19NOS. The quantitative estimate of drug-likeness (QED) is 0.687. The molecule has 0 fully saturated rings. The van der Waals surface area contributed by atoms with Gasteiger partial charge in [-0.25, -0.2) is 0 Å². The van der Waals surface area contributed by atoms with Gasteiger partial charge in [0.15, 0.2) is 0 Å². The summed E-state index contributed by atoms with van der Waals surface area (Å²) in [6, 6.07) is 0.0994. The van der Waals surface area contributed by atoms with E-state index in [1.165, 1.54) is 0 Å². The van der Waals surface area contributed by atoms with Crippen LogP contribution in [0.2, 0.25) is 0 Å². The first kappa shape index (κ1) is 11.1. The highest BCUT2D eigenvalue weighted by Crippen LogP contribution is 2.04. The van der Waals surface area contributed by atoms with Crippen LogP contribution in [0, 0.1) is 0 Å². The van der Waals surface area contributed by atoms with E-state index in [-0.39, 0.29) is 11.3 Å². The van der Waals surface area contributed by atoms with Crippen molar-refractivity contribution < 1.29 is 4.21 Å². The fourth-order valence-electron chi connectivity index (χ4n) is 0.914. The Morgan fingerprint density at radius 1 is 1.45 bits per heavy atom. The molecule has 0 aromatic heterocycles. The van der Waals surface area contributed by atoms with Gasteiger partial charge in [0, 0.05) is 27.8 Å². The van der Waals surface area contributed by atoms with Crippen LogP contribution in [0.1, 0.15) is 33.6 Å². The maximum atomic E-state index is 11.4. The Kier molecular flexibility index (Phi) is 5.78. The summed E-state index contributed by atoms with van der Waals surface area (Å²) in [6.07, 6.45) is 1.89. The first-order chi connectivity index (χ1) is 5.13. The van der Waals surface area contributed by atoms with Crippen LogP contribution in [-0.4, -0.2) is 21.3 Å². The molecule has 0 amide bonds. The third-order valence-corrected chi connectivity index (χ3v) is 3.88. The van der Waals surface area contributed by atoms with Crippen LogP contribution in [0.15, 0.2) is 0 Å². The van der Waals surface area contributed by atoms with Crippen molar-refractivity contribution in [2.45, 2.75) is 44.9 Å². The van der Waals surface area contributed by atoms with Gasteiger partial charge >= 0.3 is 0 Å². The summed E-state index contributed by atoms with van der Waals surface area (Å²) in [4.78, 5) is 0. The molecule has 0 aliphatic rings. The Balaban J connectivity index is 3.80. The maximum Gasteiger partial charge on any atom is 0.0470 e. The van der Waals surface area contributed by atoms with Gasteiger partial charge < -0.3 is 5.73 Å². The Bertz CT molecular complexity index is 127. The summed E-state index contributed by atoms with van der Waals surface area (Å²) in [5, 5.41) is 0.153. The fraction of sp³-hybridized carbons (Fsp3) is 1.00. The van der Waals surface area contributed by atoms with Gasteiger partial charge in [-0.15, -0.1) is 0 Å². The van der Waals surface area contributed by atoms with Crippen molar-refractivity contribution in [2.24, 2.45) is 5.73 Å². The minimum atomic E-state index is -0.720. The van der Waals surface area contributed by atoms with Gasteiger partial charge in [-0.1, -0.05) is 13.8 Å². The van der Waals surface area contributed by atoms with Crippen LogP contribution in [0.4, 0.5) is 0 Å². The number of nitrogens with two attached hydrogens (primary N) is 1. The molecule has 0 saturated heterocycles. The average molecular weight is 177 g/mol. The van der Waals surface area contributed by atoms with Crippen molar-refractivity contribution in [1.82, 2.24) is 0 Å². The molecule has 68 valence electrons. The predicted octanol–water partition coefficient (Wildman–Crippen LogP) is 1.27. The van der Waals surface area contributed by atoms with E-state index in [1.54, 1.807) is 0 Å². The van der Waals surface area contributed by atoms with Crippen LogP contribution >= 0.6 is 0 Å². The van der Waals surface area contributed by atoms with Crippen molar-refractivity contribution in [3.63, 3.8) is 0 Å². The van der Waals surface area contributed by atoms with E-state index in [2.05, 4.69) is 0 Å². The molecule has 0 saturated carbocycles. The average Bonchev–Trinajstić information content (AvgIpc) is 2.02. The molecule has 0 radical (unpaired) electrons. The number of hydrogen-bond acceptors (Lipinski definition) is 2. The van der Waals surface area contributed by atoms with E-state index in [1.807, 2.05) is 20.8 Å². The highest BCUT2D eigenvalue weighted by atomic mass is 32.2. The lowest BCUT2D eigenvalue weighted by Gasteiger charge is -2.16. The largest absolute Gasteiger partial charge is 0.327 e. The lowest BCUT2D eigenvalue weighted by molar-refractivity contribution is 0.609. The molecule has 0 rings (SSSR count). The van der Waals surface area contributed by atoms with Crippen molar-refractivity contribution in [1.29, 1.82) is 0 Å². The molecule has 11 heavy (non-hydrogen) atoms. The van der Waals surface area contributed by atoms with E-state index in [4.69, 9.17) is 5.73 Å². The summed E-state index contributed by atoms with van der Waals surface area (Å²) in [5.41, 5.74) is 5.75. The fourth-order valence-corrected chi connectivity index (χ4v) is 2.27. The molecule has 0 heterocycles. The monoisotopic (exact) mass is 177 g/mol. The normalized spacial score (nSPS) is 19.3. The van der Waals surface area contributed by atoms with Gasteiger partial charge in [-0.3, -0.25) is 4.21 Å². The summed E-state index contributed by atoms with van der Waals surface area (Å²) < 4.78 is 11.4. The van der Waals surface area contributed by atoms with Crippen molar-refractivity contribution in [3.05, 3.63) is 0 Å². The highest BCUT2D eigenvalue weighted by molar-refractivity contribution is 7.85. The molecule has 3 heteroatoms. The van der Waals surface area contributed by atoms with Crippen LogP contribution in [0.25, 0.3) is 0 Å². The Morgan fingerprint density at radius 2 is 2.00 bits per heavy atom. The minimum absolute atomic E-state index is 0.0994. The topological polar surface area (TPSA) is 43.1 Å². The maximum absolute atomic E-state index is 11.4. The van der Waals surface area contributed by atoms with Gasteiger partial charge in [0.1, 0.15) is 0 Å². The van der Waals surface area contributed by atoms with Crippen molar-refractivity contribution >= 4 is 10.8 Å². The zero-order chi connectivity index (χ0) is 8.85. The molecule has 3 unspecified atom stereocenters. The molecule has 3 atom stereocenters. The SMILES string of the molecule is CCCS(=O)C(C)C(N)CC. The van der Waals surface area contributed by atoms with Gasteiger partial charge in [-0.2, -0.15) is 0 Å². The van der Waals surface area contributed by atoms with E-state index >= 15 is 0 Å². The predicted molar refractivity (Wildman–Crippen MR) is 51.0 cm³/mol. The lowest BCUT2D eigenvalue weighted by atomic mass is 10.2. The first-order valence-corrected chi connectivity index (χ1v) is 5.64. The van der Waals surface area contributed by atoms with Crippen LogP contribution < -0.4 is 5.73 Å². The van der Waals surface area contributed by atoms with Crippen LogP contribution in [0.3, 0.4) is 0 Å². The second-order valence-electron chi connectivity index (χ2n) is 2.86. The van der Waals surface area contributed by atoms with Gasteiger partial charge in [0.05, 0.1) is 0 Å². The van der Waals surface area contributed by atoms with Crippen LogP contribution in [0.5, 0.6) is 0 Å². The van der Waals surface area contributed by atoms with E-state index < -0.39 is 10.8 Å². The zero-order valence-corrected chi connectivity index (χ0v) is 8.49. The molecule has 2 N–H and O–H groups in total. The second kappa shape index (κ2) is 5.72. The number of rotatable bonds is 5. The first-order valence-electron chi connectivity index (χ1n) is 4.26. The molecule has 0 aromatic carbocycles. The molecular weight excluding hydrogens is 158 g/mol. The molecule has 0 bridgehead atoms. The molecule has 0 aliphatic heterocycles. The highest BCUT2D eigenvalue weighted by Gasteiger charge is 2.16. The third-order valence-electron chi connectivity index (χ3n) is 1.89. The Morgan fingerprint density at radius 3 is 2.36 bits per heavy atom. The van der Waals surface area contributed by atoms with Crippen molar-refractivity contribution in [2.75, 3.05) is 5.75 Å². The molecule has 0 aliphatic carbocycles. The summed E-state index contributed by atoms with van der Waals surface area (Å²) in [5.74, 6) is 0.787. The van der Waals surface area contributed by atoms with E-state index in [9.17, 15) is 4.21 Å². The summed E-state index contributed by atoms with van der Waals surface area (Å²) in [6.45, 7) is 6.05. The molecule has 0 spiro atoms. The van der Waals surface area contributed by atoms with E-state index in [0.717, 1.165) is 18.6 Å². The number of hydrogen-bond donors (Lipinski definition) is 1. The zero-order valence-electron chi connectivity index (χ0n) is 7.67. The van der Waals surface area contributed by atoms with Gasteiger partial charge in [0.2, 0.25) is 0 Å². The van der Waals surface area contributed by atoms with Gasteiger partial charge in [0.25, 0.3) is 0 Å². The summed E-state index contributed by atoms with van der Waals surface area (Å²) in [7, 11) is -0.720. The minimum Gasteiger partial charge on any atom is -0.327 e. The summed E-state index contributed by atoms with van der Waals surface area (Å²) >= 11 is 0. The van der Waals surface area contributed by atoms with E-state index in [0.29, 0.717) is 0 Å². The smallest absolute Gasteiger partial charge is 0.0470 e. The molecule has 0 aromatic rings. The second-order valence-corrected chi connectivity index (χ2v) is 4.78. The Labute approximate surface area is 72.0 Å². The third kappa shape index (κ3) is 3.87. The van der Waals surface area contributed by atoms with Crippen LogP contribution in [-0.2, 0) is 10.8 Å². The Hall–Kier alpha value is 0.110. The lowest BCUT2D eigenvalue weighted by Crippen LogP contribution is -2.35. The molecule has 2 nitrogen and oxygen atoms in total. The van der Waals surface area contributed by atoms with Gasteiger partial charge in [-0.05, 0) is 19.8 Å².